The summed E-state index contributed by atoms with van der Waals surface area (Å²) in [5.74, 6) is 0. The van der Waals surface area contributed by atoms with Crippen LogP contribution in [-0.2, 0) is 21.6 Å². The van der Waals surface area contributed by atoms with Gasteiger partial charge in [0.1, 0.15) is 7.91 Å². The Hall–Kier alpha value is 0.599. The predicted octanol–water partition coefficient (Wildman–Crippen LogP) is -0.768. The van der Waals surface area contributed by atoms with Crippen LogP contribution in [0.2, 0.25) is 0 Å². The fourth-order valence-corrected chi connectivity index (χ4v) is 0. The maximum absolute atomic E-state index is 10.1. The second-order valence-corrected chi connectivity index (χ2v) is 1.29. The van der Waals surface area contributed by atoms with Gasteiger partial charge in [-0.25, -0.2) is 4.20 Å². The van der Waals surface area contributed by atoms with E-state index in [2.05, 4.69) is 0 Å². The fourth-order valence-electron chi connectivity index (χ4n) is 0. The van der Waals surface area contributed by atoms with E-state index in [0.717, 1.165) is 0 Å². The molecule has 7 heavy (non-hydrogen) atoms. The molecule has 0 N–H and O–H groups in total. The van der Waals surface area contributed by atoms with Crippen LogP contribution in [0.25, 0.3) is 0 Å². The van der Waals surface area contributed by atoms with Crippen molar-refractivity contribution >= 4 is 7.91 Å². The molecule has 0 saturated carbocycles. The van der Waals surface area contributed by atoms with Gasteiger partial charge in [0.2, 0.25) is 0 Å². The van der Waals surface area contributed by atoms with E-state index in [9.17, 15) is 4.20 Å². The third-order valence-corrected chi connectivity index (χ3v) is 0. The van der Waals surface area contributed by atoms with E-state index >= 15 is 0 Å². The molecule has 3 nitrogen and oxygen atoms in total. The molecular weight excluding hydrogens is 174 g/mol. The summed E-state index contributed by atoms with van der Waals surface area (Å²) in [5.41, 5.74) is 0. The molecule has 1 radical (unpaired) electrons. The molecule has 0 heterocycles. The van der Waals surface area contributed by atoms with E-state index in [1.165, 1.54) is 0 Å². The Labute approximate surface area is 51.7 Å². The molecule has 0 spiro atoms. The topological polar surface area (TPSA) is 63.2 Å². The van der Waals surface area contributed by atoms with Crippen LogP contribution >= 0.6 is 7.91 Å². The van der Waals surface area contributed by atoms with Crippen molar-refractivity contribution in [2.45, 2.75) is 0 Å². The molecule has 0 aliphatic carbocycles. The van der Waals surface area contributed by atoms with Gasteiger partial charge in [-0.15, -0.1) is 0 Å². The zero-order valence-electron chi connectivity index (χ0n) is 3.35. The van der Waals surface area contributed by atoms with Gasteiger partial charge >= 0.3 is 17.1 Å². The Morgan fingerprint density at radius 2 is 1.43 bits per heavy atom. The van der Waals surface area contributed by atoms with Gasteiger partial charge in [0, 0.05) is 0 Å². The minimum absolute atomic E-state index is 0. The molecule has 0 fully saturated rings. The number of hydrogen-bond acceptors (Lipinski definition) is 3. The van der Waals surface area contributed by atoms with Crippen molar-refractivity contribution < 1.29 is 35.6 Å². The average molecular weight is 177 g/mol. The smallest absolute Gasteiger partial charge is 0.786 e. The molecule has 0 saturated heterocycles. The number of hydrogen-bond donors (Lipinski definition) is 0. The van der Waals surface area contributed by atoms with Gasteiger partial charge in [0.05, 0.1) is 0 Å². The number of halogens is 1. The first kappa shape index (κ1) is 15.6. The van der Waals surface area contributed by atoms with Crippen molar-refractivity contribution in [2.75, 3.05) is 0 Å². The molecule has 0 aromatic carbocycles. The van der Waals surface area contributed by atoms with Crippen LogP contribution in [0, 0.1) is 7.43 Å². The Bertz CT molecular complexity index is 61.1. The third-order valence-electron chi connectivity index (χ3n) is 0. The molecule has 0 bridgehead atoms. The first-order valence-corrected chi connectivity index (χ1v) is 2.15. The summed E-state index contributed by atoms with van der Waals surface area (Å²) in [5, 5.41) is 0. The molecule has 0 unspecified atom stereocenters. The van der Waals surface area contributed by atoms with E-state index in [0.29, 0.717) is 0 Å². The van der Waals surface area contributed by atoms with Crippen LogP contribution in [0.4, 0.5) is 4.20 Å². The Balaban J connectivity index is -0.0000000800. The first-order chi connectivity index (χ1) is 2.00. The molecule has 0 aliphatic heterocycles. The van der Waals surface area contributed by atoms with E-state index in [-0.39, 0.29) is 24.5 Å². The van der Waals surface area contributed by atoms with Crippen LogP contribution in [0.1, 0.15) is 0 Å². The molecular formula is CH3CuFO3P-. The van der Waals surface area contributed by atoms with Gasteiger partial charge in [-0.2, -0.15) is 0 Å². The zero-order valence-corrected chi connectivity index (χ0v) is 5.19. The van der Waals surface area contributed by atoms with E-state index in [1.54, 1.807) is 0 Å². The van der Waals surface area contributed by atoms with Crippen LogP contribution < -0.4 is 9.79 Å². The van der Waals surface area contributed by atoms with Crippen LogP contribution in [0.5, 0.6) is 0 Å². The summed E-state index contributed by atoms with van der Waals surface area (Å²) in [4.78, 5) is 16.9. The molecule has 0 aromatic rings. The second kappa shape index (κ2) is 4.75. The Morgan fingerprint density at radius 1 is 1.43 bits per heavy atom. The maximum atomic E-state index is 10.1. The SMILES string of the molecule is O=P([O-])([O-])F.[CH3-].[Cu+2]. The molecule has 6 heteroatoms. The van der Waals surface area contributed by atoms with Crippen molar-refractivity contribution in [3.05, 3.63) is 7.43 Å². The van der Waals surface area contributed by atoms with Crippen molar-refractivity contribution in [3.63, 3.8) is 0 Å². The van der Waals surface area contributed by atoms with Crippen molar-refractivity contribution in [3.8, 4) is 0 Å². The average Bonchev–Trinajstić information content (AvgIpc) is 0.722. The Kier molecular flexibility index (Phi) is 10.6. The monoisotopic (exact) mass is 176 g/mol. The molecule has 0 amide bonds. The van der Waals surface area contributed by atoms with Gasteiger partial charge in [0.15, 0.2) is 0 Å². The summed E-state index contributed by atoms with van der Waals surface area (Å²) < 4.78 is 18.6. The summed E-state index contributed by atoms with van der Waals surface area (Å²) in [6, 6.07) is 0. The quantitative estimate of drug-likeness (QED) is 0.277. The molecule has 49 valence electrons. The molecule has 0 rings (SSSR count). The van der Waals surface area contributed by atoms with Crippen molar-refractivity contribution in [1.29, 1.82) is 0 Å². The van der Waals surface area contributed by atoms with Gasteiger partial charge in [-0.1, -0.05) is 0 Å². The second-order valence-electron chi connectivity index (χ2n) is 0.431. The predicted molar refractivity (Wildman–Crippen MR) is 15.1 cm³/mol. The van der Waals surface area contributed by atoms with E-state index in [1.807, 2.05) is 0 Å². The van der Waals surface area contributed by atoms with Gasteiger partial charge < -0.3 is 21.8 Å². The van der Waals surface area contributed by atoms with Crippen molar-refractivity contribution in [2.24, 2.45) is 0 Å². The normalized spacial score (nSPS) is 8.43. The maximum Gasteiger partial charge on any atom is 2.00 e. The molecule has 0 aromatic heterocycles. The van der Waals surface area contributed by atoms with E-state index in [4.69, 9.17) is 14.4 Å². The zero-order chi connectivity index (χ0) is 4.50. The van der Waals surface area contributed by atoms with Crippen LogP contribution in [0.3, 0.4) is 0 Å². The summed E-state index contributed by atoms with van der Waals surface area (Å²) >= 11 is 0. The largest absolute Gasteiger partial charge is 2.00 e. The van der Waals surface area contributed by atoms with Gasteiger partial charge in [-0.3, -0.25) is 0 Å². The first-order valence-electron chi connectivity index (χ1n) is 0.717. The minimum atomic E-state index is -5.64. The van der Waals surface area contributed by atoms with Crippen molar-refractivity contribution in [1.82, 2.24) is 0 Å². The van der Waals surface area contributed by atoms with Gasteiger partial charge in [-0.05, 0) is 0 Å². The minimum Gasteiger partial charge on any atom is -0.786 e. The molecule has 0 atom stereocenters. The summed E-state index contributed by atoms with van der Waals surface area (Å²) in [7, 11) is -5.64. The van der Waals surface area contributed by atoms with Crippen LogP contribution in [0.15, 0.2) is 0 Å². The van der Waals surface area contributed by atoms with Crippen LogP contribution in [-0.4, -0.2) is 0 Å². The summed E-state index contributed by atoms with van der Waals surface area (Å²) in [6.45, 7) is 0. The van der Waals surface area contributed by atoms with E-state index < -0.39 is 7.91 Å². The molecule has 0 aliphatic rings. The van der Waals surface area contributed by atoms with Gasteiger partial charge in [0.25, 0.3) is 0 Å². The Morgan fingerprint density at radius 3 is 1.43 bits per heavy atom. The fraction of sp³-hybridized carbons (Fsp3) is 0. The summed E-state index contributed by atoms with van der Waals surface area (Å²) in [6.07, 6.45) is 0. The third kappa shape index (κ3) is 388. The number of rotatable bonds is 0. The standard InChI is InChI=1S/CH3.Cu.FH2O3P/c;;1-5(2,3)4/h1H3;;(H2,2,3,4)/q-1;+2;/p-2.